The zero-order valence-electron chi connectivity index (χ0n) is 16.6. The van der Waals surface area contributed by atoms with Crippen LogP contribution >= 0.6 is 0 Å². The van der Waals surface area contributed by atoms with E-state index in [1.54, 1.807) is 0 Å². The second-order valence-corrected chi connectivity index (χ2v) is 6.92. The average molecular weight is 395 g/mol. The topological polar surface area (TPSA) is 107 Å². The highest BCUT2D eigenvalue weighted by atomic mass is 16.5. The summed E-state index contributed by atoms with van der Waals surface area (Å²) in [5.74, 6) is -0.807. The van der Waals surface area contributed by atoms with Gasteiger partial charge in [-0.25, -0.2) is 0 Å². The highest BCUT2D eigenvalue weighted by molar-refractivity contribution is 5.66. The maximum absolute atomic E-state index is 10.4. The normalized spacial score (nSPS) is 25.5. The van der Waals surface area contributed by atoms with E-state index < -0.39 is 30.4 Å². The molecule has 0 amide bonds. The van der Waals surface area contributed by atoms with Crippen molar-refractivity contribution in [2.24, 2.45) is 0 Å². The van der Waals surface area contributed by atoms with Crippen LogP contribution in [-0.2, 0) is 9.53 Å². The van der Waals surface area contributed by atoms with Crippen molar-refractivity contribution in [1.29, 1.82) is 0 Å². The molecule has 0 aliphatic carbocycles. The molecule has 0 saturated carbocycles. The van der Waals surface area contributed by atoms with Crippen LogP contribution in [0.4, 0.5) is 0 Å². The first kappa shape index (κ1) is 24.3. The zero-order chi connectivity index (χ0) is 20.8. The van der Waals surface area contributed by atoms with Crippen molar-refractivity contribution in [3.63, 3.8) is 0 Å². The van der Waals surface area contributed by atoms with Crippen LogP contribution in [0.15, 0.2) is 48.6 Å². The van der Waals surface area contributed by atoms with Gasteiger partial charge in [-0.05, 0) is 32.1 Å². The first-order chi connectivity index (χ1) is 13.4. The number of carbonyl (C=O) groups is 1. The molecule has 0 radical (unpaired) electrons. The van der Waals surface area contributed by atoms with Crippen LogP contribution < -0.4 is 0 Å². The molecule has 1 aliphatic heterocycles. The van der Waals surface area contributed by atoms with Crippen molar-refractivity contribution in [2.75, 3.05) is 0 Å². The summed E-state index contributed by atoms with van der Waals surface area (Å²) in [4.78, 5) is 10.4. The van der Waals surface area contributed by atoms with Crippen molar-refractivity contribution in [1.82, 2.24) is 0 Å². The molecular formula is C22H34O6. The molecule has 1 aliphatic rings. The molecule has 4 N–H and O–H groups in total. The van der Waals surface area contributed by atoms with Crippen LogP contribution in [0.3, 0.4) is 0 Å². The first-order valence-corrected chi connectivity index (χ1v) is 9.98. The molecule has 5 atom stereocenters. The van der Waals surface area contributed by atoms with E-state index in [1.807, 2.05) is 43.4 Å². The third kappa shape index (κ3) is 10.6. The number of allylic oxidation sites excluding steroid dienone is 4. The Hall–Kier alpha value is -1.73. The van der Waals surface area contributed by atoms with E-state index in [9.17, 15) is 20.1 Å². The number of ether oxygens (including phenoxy) is 1. The van der Waals surface area contributed by atoms with Crippen molar-refractivity contribution < 1.29 is 30.0 Å². The van der Waals surface area contributed by atoms with Crippen LogP contribution in [0.25, 0.3) is 0 Å². The molecule has 1 rings (SSSR count). The lowest BCUT2D eigenvalue weighted by Crippen LogP contribution is -2.24. The molecule has 0 spiro atoms. The average Bonchev–Trinajstić information content (AvgIpc) is 3.02. The molecule has 0 aromatic heterocycles. The standard InChI is InChI=1S/C22H34O6/c1-2-3-8-12-20-19(25)16-21(28-20)18(24)15-14-17(23)11-9-6-4-5-7-10-13-22(26)27/h3,5-9,14-15,17-21,23-25H,2,4,10-13,16H2,1H3,(H,26,27)/b7-5-,8-3-,9-6-,15-14+/t17-,18+,19-,20+,21+/m0/s1. The Bertz CT molecular complexity index is 551. The van der Waals surface area contributed by atoms with E-state index in [1.165, 1.54) is 12.2 Å². The predicted octanol–water partition coefficient (Wildman–Crippen LogP) is 2.90. The number of carboxylic acids is 1. The molecule has 0 bridgehead atoms. The lowest BCUT2D eigenvalue weighted by atomic mass is 10.0. The molecule has 0 unspecified atom stereocenters. The fourth-order valence-corrected chi connectivity index (χ4v) is 2.87. The number of carboxylic acid groups (broad SMARTS) is 1. The zero-order valence-corrected chi connectivity index (χ0v) is 16.6. The highest BCUT2D eigenvalue weighted by Crippen LogP contribution is 2.26. The molecule has 158 valence electrons. The second-order valence-electron chi connectivity index (χ2n) is 6.92. The fraction of sp³-hybridized carbons (Fsp3) is 0.591. The monoisotopic (exact) mass is 394 g/mol. The number of hydrogen-bond donors (Lipinski definition) is 4. The van der Waals surface area contributed by atoms with Gasteiger partial charge in [0.2, 0.25) is 0 Å². The Balaban J connectivity index is 2.28. The Labute approximate surface area is 167 Å². The van der Waals surface area contributed by atoms with Crippen LogP contribution in [-0.4, -0.2) is 56.9 Å². The van der Waals surface area contributed by atoms with Gasteiger partial charge in [0.1, 0.15) is 0 Å². The van der Waals surface area contributed by atoms with E-state index in [0.717, 1.165) is 6.42 Å². The number of hydrogen-bond acceptors (Lipinski definition) is 5. The van der Waals surface area contributed by atoms with E-state index >= 15 is 0 Å². The summed E-state index contributed by atoms with van der Waals surface area (Å²) in [6, 6.07) is 0. The van der Waals surface area contributed by atoms with Crippen molar-refractivity contribution in [3.8, 4) is 0 Å². The largest absolute Gasteiger partial charge is 0.481 e. The van der Waals surface area contributed by atoms with Crippen molar-refractivity contribution >= 4 is 5.97 Å². The Kier molecular flexibility index (Phi) is 12.4. The second kappa shape index (κ2) is 14.3. The van der Waals surface area contributed by atoms with Gasteiger partial charge in [-0.15, -0.1) is 0 Å². The van der Waals surface area contributed by atoms with Crippen LogP contribution in [0.2, 0.25) is 0 Å². The summed E-state index contributed by atoms with van der Waals surface area (Å²) < 4.78 is 5.73. The van der Waals surface area contributed by atoms with Gasteiger partial charge in [0.15, 0.2) is 0 Å². The van der Waals surface area contributed by atoms with E-state index in [0.29, 0.717) is 32.1 Å². The fourth-order valence-electron chi connectivity index (χ4n) is 2.87. The van der Waals surface area contributed by atoms with Crippen molar-refractivity contribution in [3.05, 3.63) is 48.6 Å². The number of aliphatic hydroxyl groups is 3. The van der Waals surface area contributed by atoms with Gasteiger partial charge in [-0.1, -0.05) is 55.5 Å². The minimum Gasteiger partial charge on any atom is -0.481 e. The molecule has 1 saturated heterocycles. The molecule has 6 nitrogen and oxygen atoms in total. The van der Waals surface area contributed by atoms with Crippen LogP contribution in [0, 0.1) is 0 Å². The van der Waals surface area contributed by atoms with E-state index in [2.05, 4.69) is 0 Å². The lowest BCUT2D eigenvalue weighted by molar-refractivity contribution is -0.136. The summed E-state index contributed by atoms with van der Waals surface area (Å²) in [6.45, 7) is 2.04. The summed E-state index contributed by atoms with van der Waals surface area (Å²) in [5.41, 5.74) is 0. The minimum absolute atomic E-state index is 0.129. The van der Waals surface area contributed by atoms with Gasteiger partial charge < -0.3 is 25.2 Å². The van der Waals surface area contributed by atoms with Gasteiger partial charge in [-0.3, -0.25) is 4.79 Å². The van der Waals surface area contributed by atoms with Crippen LogP contribution in [0.1, 0.15) is 51.9 Å². The summed E-state index contributed by atoms with van der Waals surface area (Å²) in [6.07, 6.45) is 15.3. The number of aliphatic hydroxyl groups excluding tert-OH is 3. The first-order valence-electron chi connectivity index (χ1n) is 9.98. The molecule has 1 fully saturated rings. The minimum atomic E-state index is -0.870. The molecule has 1 heterocycles. The molecular weight excluding hydrogens is 360 g/mol. The summed E-state index contributed by atoms with van der Waals surface area (Å²) in [5, 5.41) is 38.7. The Morgan fingerprint density at radius 1 is 1.11 bits per heavy atom. The SMILES string of the molecule is CC/C=C\C[C@H]1O[C@@H]([C@H](O)/C=C/[C@@H](O)C/C=C\C/C=C\CCC(=O)O)C[C@@H]1O. The quantitative estimate of drug-likeness (QED) is 0.358. The van der Waals surface area contributed by atoms with Gasteiger partial charge in [0, 0.05) is 12.8 Å². The third-order valence-corrected chi connectivity index (χ3v) is 4.44. The number of rotatable bonds is 13. The summed E-state index contributed by atoms with van der Waals surface area (Å²) in [7, 11) is 0. The van der Waals surface area contributed by atoms with Gasteiger partial charge in [-0.2, -0.15) is 0 Å². The predicted molar refractivity (Wildman–Crippen MR) is 109 cm³/mol. The smallest absolute Gasteiger partial charge is 0.303 e. The molecule has 0 aromatic rings. The van der Waals surface area contributed by atoms with E-state index in [4.69, 9.17) is 9.84 Å². The van der Waals surface area contributed by atoms with Gasteiger partial charge in [0.05, 0.1) is 30.5 Å². The Morgan fingerprint density at radius 3 is 2.57 bits per heavy atom. The van der Waals surface area contributed by atoms with Gasteiger partial charge in [0.25, 0.3) is 0 Å². The third-order valence-electron chi connectivity index (χ3n) is 4.44. The lowest BCUT2D eigenvalue weighted by Gasteiger charge is -2.16. The van der Waals surface area contributed by atoms with Crippen molar-refractivity contribution in [2.45, 2.75) is 82.4 Å². The Morgan fingerprint density at radius 2 is 1.86 bits per heavy atom. The summed E-state index contributed by atoms with van der Waals surface area (Å²) >= 11 is 0. The van der Waals surface area contributed by atoms with Crippen LogP contribution in [0.5, 0.6) is 0 Å². The molecule has 28 heavy (non-hydrogen) atoms. The maximum Gasteiger partial charge on any atom is 0.303 e. The molecule has 0 aromatic carbocycles. The maximum atomic E-state index is 10.4. The highest BCUT2D eigenvalue weighted by Gasteiger charge is 2.36. The van der Waals surface area contributed by atoms with E-state index in [-0.39, 0.29) is 12.5 Å². The molecule has 6 heteroatoms. The number of aliphatic carboxylic acids is 1. The van der Waals surface area contributed by atoms with Gasteiger partial charge >= 0.3 is 5.97 Å².